The Hall–Kier alpha value is -4.92. The molecule has 0 atom stereocenters. The number of carbonyl (C=O) groups is 4. The lowest BCUT2D eigenvalue weighted by Crippen LogP contribution is -2.46. The molecule has 0 saturated heterocycles. The summed E-state index contributed by atoms with van der Waals surface area (Å²) in [7, 11) is 0. The molecule has 9 heteroatoms. The smallest absolute Gasteiger partial charge is 0.271 e. The monoisotopic (exact) mass is 575 g/mol. The number of hydrogen-bond acceptors (Lipinski definition) is 6. The molecule has 7 rings (SSSR count). The number of amides is 4. The van der Waals surface area contributed by atoms with Crippen molar-refractivity contribution in [1.29, 1.82) is 0 Å². The second-order valence-corrected chi connectivity index (χ2v) is 11.5. The van der Waals surface area contributed by atoms with Gasteiger partial charge in [-0.15, -0.1) is 0 Å². The Balaban J connectivity index is 1.63. The third kappa shape index (κ3) is 3.27. The zero-order valence-electron chi connectivity index (χ0n) is 24.3. The van der Waals surface area contributed by atoms with E-state index >= 15 is 0 Å². The van der Waals surface area contributed by atoms with Crippen molar-refractivity contribution in [2.45, 2.75) is 65.5 Å². The van der Waals surface area contributed by atoms with Gasteiger partial charge in [0.2, 0.25) is 0 Å². The topological polar surface area (TPSA) is 118 Å². The molecule has 2 heterocycles. The summed E-state index contributed by atoms with van der Waals surface area (Å²) in [4.78, 5) is 69.9. The van der Waals surface area contributed by atoms with Gasteiger partial charge in [0.1, 0.15) is 0 Å². The Labute approximate surface area is 246 Å². The van der Waals surface area contributed by atoms with Crippen LogP contribution in [0.3, 0.4) is 0 Å². The Morgan fingerprint density at radius 1 is 0.558 bits per heavy atom. The molecule has 0 spiro atoms. The zero-order chi connectivity index (χ0) is 30.5. The minimum atomic E-state index is -0.535. The molecule has 0 unspecified atom stereocenters. The van der Waals surface area contributed by atoms with Gasteiger partial charge in [-0.05, 0) is 65.4 Å². The molecule has 0 saturated carbocycles. The number of nitrogens with zero attached hydrogens (tertiary/aromatic N) is 3. The van der Waals surface area contributed by atoms with E-state index < -0.39 is 16.7 Å². The first-order valence-corrected chi connectivity index (χ1v) is 14.8. The van der Waals surface area contributed by atoms with Crippen LogP contribution in [0.2, 0.25) is 0 Å². The van der Waals surface area contributed by atoms with Crippen molar-refractivity contribution in [3.8, 4) is 0 Å². The number of nitro groups is 1. The molecule has 0 radical (unpaired) electrons. The van der Waals surface area contributed by atoms with Crippen LogP contribution < -0.4 is 0 Å². The highest BCUT2D eigenvalue weighted by molar-refractivity contribution is 6.42. The highest BCUT2D eigenvalue weighted by Crippen LogP contribution is 2.49. The van der Waals surface area contributed by atoms with Crippen molar-refractivity contribution in [2.24, 2.45) is 0 Å². The van der Waals surface area contributed by atoms with E-state index in [1.54, 1.807) is 30.3 Å². The summed E-state index contributed by atoms with van der Waals surface area (Å²) < 4.78 is 0. The van der Waals surface area contributed by atoms with E-state index in [9.17, 15) is 29.3 Å². The number of hydrogen-bond donors (Lipinski definition) is 0. The fourth-order valence-electron chi connectivity index (χ4n) is 7.50. The van der Waals surface area contributed by atoms with Gasteiger partial charge in [0.05, 0.1) is 15.9 Å². The molecular formula is C34H29N3O6. The summed E-state index contributed by atoms with van der Waals surface area (Å²) >= 11 is 0. The van der Waals surface area contributed by atoms with Crippen LogP contribution in [0.25, 0.3) is 43.1 Å². The fraction of sp³-hybridized carbons (Fsp3) is 0.294. The molecule has 5 aromatic rings. The van der Waals surface area contributed by atoms with Gasteiger partial charge in [0.15, 0.2) is 0 Å². The summed E-state index contributed by atoms with van der Waals surface area (Å²) in [5, 5.41) is 16.7. The molecular weight excluding hydrogens is 546 g/mol. The molecule has 2 aliphatic heterocycles. The van der Waals surface area contributed by atoms with Crippen molar-refractivity contribution in [3.05, 3.63) is 74.8 Å². The largest absolute Gasteiger partial charge is 0.278 e. The SMILES string of the molecule is CCC(CC)N1C(=O)c2ccc3c4ccc5c6c(cc([N+](=O)[O-])c(c7ccc(c2c37)C1=O)c64)C(=O)N(C(CC)CC)C5=O. The van der Waals surface area contributed by atoms with E-state index in [-0.39, 0.29) is 40.5 Å². The van der Waals surface area contributed by atoms with E-state index in [4.69, 9.17) is 0 Å². The summed E-state index contributed by atoms with van der Waals surface area (Å²) in [6.07, 6.45) is 2.38. The molecule has 216 valence electrons. The van der Waals surface area contributed by atoms with E-state index in [1.807, 2.05) is 33.8 Å². The number of nitro benzene ring substituents is 1. The van der Waals surface area contributed by atoms with Crippen LogP contribution in [-0.4, -0.2) is 50.4 Å². The summed E-state index contributed by atoms with van der Waals surface area (Å²) in [5.74, 6) is -1.70. The fourth-order valence-corrected chi connectivity index (χ4v) is 7.50. The average molecular weight is 576 g/mol. The highest BCUT2D eigenvalue weighted by atomic mass is 16.6. The van der Waals surface area contributed by atoms with Crippen molar-refractivity contribution in [2.75, 3.05) is 0 Å². The van der Waals surface area contributed by atoms with Crippen molar-refractivity contribution >= 4 is 72.4 Å². The van der Waals surface area contributed by atoms with Gasteiger partial charge >= 0.3 is 0 Å². The molecule has 2 aliphatic rings. The maximum Gasteiger partial charge on any atom is 0.278 e. The van der Waals surface area contributed by atoms with Crippen LogP contribution >= 0.6 is 0 Å². The number of imide groups is 2. The van der Waals surface area contributed by atoms with E-state index in [1.165, 1.54) is 15.9 Å². The third-order valence-electron chi connectivity index (χ3n) is 9.59. The third-order valence-corrected chi connectivity index (χ3v) is 9.59. The Morgan fingerprint density at radius 3 is 1.40 bits per heavy atom. The first-order chi connectivity index (χ1) is 20.7. The molecule has 5 aromatic carbocycles. The second-order valence-electron chi connectivity index (χ2n) is 11.5. The Morgan fingerprint density at radius 2 is 0.953 bits per heavy atom. The van der Waals surface area contributed by atoms with Crippen LogP contribution in [0.5, 0.6) is 0 Å². The van der Waals surface area contributed by atoms with Gasteiger partial charge in [-0.25, -0.2) is 0 Å². The maximum absolute atomic E-state index is 13.9. The minimum absolute atomic E-state index is 0.133. The first-order valence-electron chi connectivity index (χ1n) is 14.8. The standard InChI is InChI=1S/C34H29N3O6/c1-5-16(6-2)35-31(38)21-12-9-18-19-10-13-23-28-24(34(41)36(33(23)40)17(7-3)8-4)15-25(37(42)43)29(30(19)28)20-11-14-22(32(35)39)27(21)26(18)20/h9-17H,5-8H2,1-4H3. The summed E-state index contributed by atoms with van der Waals surface area (Å²) in [6.45, 7) is 7.69. The maximum atomic E-state index is 13.9. The lowest BCUT2D eigenvalue weighted by Gasteiger charge is -2.34. The molecule has 0 bridgehead atoms. The van der Waals surface area contributed by atoms with Gasteiger partial charge in [-0.2, -0.15) is 0 Å². The van der Waals surface area contributed by atoms with Crippen LogP contribution in [-0.2, 0) is 0 Å². The molecule has 0 aliphatic carbocycles. The normalized spacial score (nSPS) is 15.1. The number of carbonyl (C=O) groups excluding carboxylic acids is 4. The lowest BCUT2D eigenvalue weighted by atomic mass is 9.81. The molecule has 43 heavy (non-hydrogen) atoms. The predicted octanol–water partition coefficient (Wildman–Crippen LogP) is 7.21. The van der Waals surface area contributed by atoms with Crippen LogP contribution in [0.15, 0.2) is 42.5 Å². The predicted molar refractivity (Wildman–Crippen MR) is 164 cm³/mol. The Bertz CT molecular complexity index is 2090. The van der Waals surface area contributed by atoms with Gasteiger partial charge in [-0.3, -0.25) is 39.1 Å². The number of non-ortho nitro benzene ring substituents is 1. The van der Waals surface area contributed by atoms with Gasteiger partial charge in [-0.1, -0.05) is 45.9 Å². The van der Waals surface area contributed by atoms with Crippen molar-refractivity contribution < 1.29 is 24.1 Å². The average Bonchev–Trinajstić information content (AvgIpc) is 3.01. The lowest BCUT2D eigenvalue weighted by molar-refractivity contribution is -0.383. The molecule has 0 fully saturated rings. The van der Waals surface area contributed by atoms with Crippen LogP contribution in [0, 0.1) is 10.1 Å². The summed E-state index contributed by atoms with van der Waals surface area (Å²) in [6, 6.07) is 11.0. The molecule has 9 nitrogen and oxygen atoms in total. The van der Waals surface area contributed by atoms with Crippen molar-refractivity contribution in [1.82, 2.24) is 9.80 Å². The van der Waals surface area contributed by atoms with Gasteiger partial charge in [0, 0.05) is 51.0 Å². The molecule has 0 aromatic heterocycles. The van der Waals surface area contributed by atoms with Gasteiger partial charge < -0.3 is 0 Å². The second kappa shape index (κ2) is 9.29. The van der Waals surface area contributed by atoms with E-state index in [2.05, 4.69) is 0 Å². The molecule has 4 amide bonds. The zero-order valence-corrected chi connectivity index (χ0v) is 24.3. The molecule has 0 N–H and O–H groups in total. The number of benzene rings is 5. The quantitative estimate of drug-likeness (QED) is 0.0665. The van der Waals surface area contributed by atoms with E-state index in [0.717, 1.165) is 0 Å². The minimum Gasteiger partial charge on any atom is -0.271 e. The number of fused-ring (bicyclic) bond motifs is 2. The van der Waals surface area contributed by atoms with Gasteiger partial charge in [0.25, 0.3) is 29.3 Å². The summed E-state index contributed by atoms with van der Waals surface area (Å²) in [5.41, 5.74) is 0.965. The highest BCUT2D eigenvalue weighted by Gasteiger charge is 2.41. The van der Waals surface area contributed by atoms with E-state index in [0.29, 0.717) is 80.1 Å². The Kier molecular flexibility index (Phi) is 5.82. The first kappa shape index (κ1) is 26.9. The van der Waals surface area contributed by atoms with Crippen molar-refractivity contribution in [3.63, 3.8) is 0 Å². The number of rotatable bonds is 7. The van der Waals surface area contributed by atoms with Crippen LogP contribution in [0.4, 0.5) is 5.69 Å². The van der Waals surface area contributed by atoms with Crippen LogP contribution in [0.1, 0.15) is 94.8 Å².